The zero-order valence-corrected chi connectivity index (χ0v) is 19.8. The van der Waals surface area contributed by atoms with Gasteiger partial charge >= 0.3 is 5.97 Å². The highest BCUT2D eigenvalue weighted by molar-refractivity contribution is 7.89. The Labute approximate surface area is 185 Å². The number of aryl methyl sites for hydroxylation is 3. The first kappa shape index (κ1) is 23.7. The van der Waals surface area contributed by atoms with E-state index in [0.717, 1.165) is 16.7 Å². The molecule has 1 amide bonds. The average molecular weight is 451 g/mol. The Balaban J connectivity index is 1.59. The third kappa shape index (κ3) is 5.12. The lowest BCUT2D eigenvalue weighted by molar-refractivity contribution is -0.152. The van der Waals surface area contributed by atoms with Crippen LogP contribution in [-0.4, -0.2) is 62.3 Å². The van der Waals surface area contributed by atoms with E-state index >= 15 is 0 Å². The average Bonchev–Trinajstić information content (AvgIpc) is 2.72. The van der Waals surface area contributed by atoms with Crippen molar-refractivity contribution in [2.75, 3.05) is 32.8 Å². The van der Waals surface area contributed by atoms with E-state index < -0.39 is 10.0 Å². The van der Waals surface area contributed by atoms with Crippen LogP contribution in [0.15, 0.2) is 17.0 Å². The Morgan fingerprint density at radius 2 is 1.45 bits per heavy atom. The number of hydrogen-bond donors (Lipinski definition) is 0. The molecule has 2 fully saturated rings. The van der Waals surface area contributed by atoms with Gasteiger partial charge in [0.15, 0.2) is 0 Å². The van der Waals surface area contributed by atoms with E-state index in [1.807, 2.05) is 37.8 Å². The molecule has 0 aromatic heterocycles. The van der Waals surface area contributed by atoms with Crippen molar-refractivity contribution in [2.45, 2.75) is 58.3 Å². The highest BCUT2D eigenvalue weighted by Gasteiger charge is 2.36. The summed E-state index contributed by atoms with van der Waals surface area (Å²) in [6.45, 7) is 9.63. The molecule has 3 rings (SSSR count). The van der Waals surface area contributed by atoms with E-state index in [-0.39, 0.29) is 23.7 Å². The molecule has 2 saturated heterocycles. The van der Waals surface area contributed by atoms with E-state index in [4.69, 9.17) is 4.74 Å². The standard InChI is InChI=1S/C23H34N2O5S/c1-5-30-23(27)20-6-10-24(11-7-20)22(26)19-8-12-25(13-9-19)31(28,29)21-17(3)14-16(2)15-18(21)4/h14-15,19-20H,5-13H2,1-4H3. The van der Waals surface area contributed by atoms with E-state index in [1.54, 1.807) is 6.92 Å². The fourth-order valence-corrected chi connectivity index (χ4v) is 6.78. The maximum absolute atomic E-state index is 13.3. The number of nitrogens with zero attached hydrogens (tertiary/aromatic N) is 2. The van der Waals surface area contributed by atoms with Crippen LogP contribution in [0.25, 0.3) is 0 Å². The van der Waals surface area contributed by atoms with Crippen molar-refractivity contribution in [2.24, 2.45) is 11.8 Å². The van der Waals surface area contributed by atoms with E-state index in [9.17, 15) is 18.0 Å². The van der Waals surface area contributed by atoms with Crippen LogP contribution in [0.3, 0.4) is 0 Å². The molecule has 1 aromatic carbocycles. The molecular formula is C23H34N2O5S. The number of carbonyl (C=O) groups excluding carboxylic acids is 2. The molecule has 2 heterocycles. The van der Waals surface area contributed by atoms with Crippen molar-refractivity contribution in [1.82, 2.24) is 9.21 Å². The van der Waals surface area contributed by atoms with Crippen LogP contribution in [-0.2, 0) is 24.3 Å². The Bertz CT molecular complexity index is 904. The molecule has 0 unspecified atom stereocenters. The van der Waals surface area contributed by atoms with Gasteiger partial charge in [-0.1, -0.05) is 17.7 Å². The van der Waals surface area contributed by atoms with Gasteiger partial charge in [0.1, 0.15) is 0 Å². The van der Waals surface area contributed by atoms with Crippen molar-refractivity contribution in [3.05, 3.63) is 28.8 Å². The highest BCUT2D eigenvalue weighted by Crippen LogP contribution is 2.30. The maximum atomic E-state index is 13.3. The Morgan fingerprint density at radius 3 is 1.97 bits per heavy atom. The summed E-state index contributed by atoms with van der Waals surface area (Å²) in [5.41, 5.74) is 2.57. The van der Waals surface area contributed by atoms with Gasteiger partial charge in [0.2, 0.25) is 15.9 Å². The molecule has 172 valence electrons. The minimum absolute atomic E-state index is 0.0852. The first-order chi connectivity index (χ1) is 14.6. The lowest BCUT2D eigenvalue weighted by atomic mass is 9.92. The SMILES string of the molecule is CCOC(=O)C1CCN(C(=O)C2CCN(S(=O)(=O)c3c(C)cc(C)cc3C)CC2)CC1. The van der Waals surface area contributed by atoms with E-state index in [0.29, 0.717) is 63.4 Å². The zero-order chi connectivity index (χ0) is 22.8. The molecule has 2 aliphatic heterocycles. The molecule has 0 atom stereocenters. The molecule has 0 radical (unpaired) electrons. The first-order valence-corrected chi connectivity index (χ1v) is 12.6. The maximum Gasteiger partial charge on any atom is 0.309 e. The van der Waals surface area contributed by atoms with Gasteiger partial charge in [0.05, 0.1) is 17.4 Å². The highest BCUT2D eigenvalue weighted by atomic mass is 32.2. The van der Waals surface area contributed by atoms with Crippen molar-refractivity contribution < 1.29 is 22.7 Å². The topological polar surface area (TPSA) is 84.0 Å². The largest absolute Gasteiger partial charge is 0.466 e. The normalized spacial score (nSPS) is 19.4. The molecule has 8 heteroatoms. The molecule has 0 N–H and O–H groups in total. The number of amides is 1. The quantitative estimate of drug-likeness (QED) is 0.644. The molecule has 0 aliphatic carbocycles. The van der Waals surface area contributed by atoms with Crippen LogP contribution in [0.1, 0.15) is 49.3 Å². The van der Waals surface area contributed by atoms with Gasteiger partial charge < -0.3 is 9.64 Å². The molecule has 0 saturated carbocycles. The van der Waals surface area contributed by atoms with Crippen molar-refractivity contribution in [1.29, 1.82) is 0 Å². The number of ether oxygens (including phenoxy) is 1. The van der Waals surface area contributed by atoms with Gasteiger partial charge in [-0.25, -0.2) is 8.42 Å². The lowest BCUT2D eigenvalue weighted by Gasteiger charge is -2.36. The second-order valence-electron chi connectivity index (χ2n) is 8.76. The zero-order valence-electron chi connectivity index (χ0n) is 19.0. The summed E-state index contributed by atoms with van der Waals surface area (Å²) in [6.07, 6.45) is 2.31. The molecule has 1 aromatic rings. The van der Waals surface area contributed by atoms with Gasteiger partial charge in [-0.2, -0.15) is 4.31 Å². The summed E-state index contributed by atoms with van der Waals surface area (Å²) in [5.74, 6) is -0.375. The van der Waals surface area contributed by atoms with Crippen molar-refractivity contribution >= 4 is 21.9 Å². The smallest absolute Gasteiger partial charge is 0.309 e. The number of sulfonamides is 1. The molecule has 0 bridgehead atoms. The fourth-order valence-electron chi connectivity index (χ4n) is 4.90. The van der Waals surface area contributed by atoms with E-state index in [1.165, 1.54) is 4.31 Å². The number of likely N-dealkylation sites (tertiary alicyclic amines) is 1. The molecule has 0 spiro atoms. The van der Waals surface area contributed by atoms with Gasteiger partial charge in [-0.05, 0) is 64.5 Å². The minimum Gasteiger partial charge on any atom is -0.466 e. The van der Waals surface area contributed by atoms with Crippen molar-refractivity contribution in [3.8, 4) is 0 Å². The van der Waals surface area contributed by atoms with Gasteiger partial charge in [-0.15, -0.1) is 0 Å². The molecule has 31 heavy (non-hydrogen) atoms. The van der Waals surface area contributed by atoms with E-state index in [2.05, 4.69) is 0 Å². The van der Waals surface area contributed by atoms with Gasteiger partial charge in [-0.3, -0.25) is 9.59 Å². The number of rotatable bonds is 5. The van der Waals surface area contributed by atoms with Gasteiger partial charge in [0, 0.05) is 32.1 Å². The van der Waals surface area contributed by atoms with Crippen molar-refractivity contribution in [3.63, 3.8) is 0 Å². The second-order valence-corrected chi connectivity index (χ2v) is 10.6. The predicted octanol–water partition coefficient (Wildman–Crippen LogP) is 2.81. The second kappa shape index (κ2) is 9.69. The number of carbonyl (C=O) groups is 2. The van der Waals surface area contributed by atoms with Crippen LogP contribution < -0.4 is 0 Å². The van der Waals surface area contributed by atoms with Crippen LogP contribution in [0, 0.1) is 32.6 Å². The van der Waals surface area contributed by atoms with Crippen LogP contribution in [0.2, 0.25) is 0 Å². The van der Waals surface area contributed by atoms with Crippen LogP contribution >= 0.6 is 0 Å². The Hall–Kier alpha value is -1.93. The summed E-state index contributed by atoms with van der Waals surface area (Å²) >= 11 is 0. The third-order valence-corrected chi connectivity index (χ3v) is 8.64. The summed E-state index contributed by atoms with van der Waals surface area (Å²) < 4.78 is 33.1. The molecular weight excluding hydrogens is 416 g/mol. The van der Waals surface area contributed by atoms with Gasteiger partial charge in [0.25, 0.3) is 0 Å². The predicted molar refractivity (Wildman–Crippen MR) is 118 cm³/mol. The molecule has 2 aliphatic rings. The summed E-state index contributed by atoms with van der Waals surface area (Å²) in [5, 5.41) is 0. The number of piperidine rings is 2. The number of esters is 1. The summed E-state index contributed by atoms with van der Waals surface area (Å²) in [6, 6.07) is 3.80. The Kier molecular flexibility index (Phi) is 7.42. The summed E-state index contributed by atoms with van der Waals surface area (Å²) in [7, 11) is -3.58. The summed E-state index contributed by atoms with van der Waals surface area (Å²) in [4.78, 5) is 27.1. The molecule has 7 nitrogen and oxygen atoms in total. The Morgan fingerprint density at radius 1 is 0.935 bits per heavy atom. The number of hydrogen-bond acceptors (Lipinski definition) is 5. The number of benzene rings is 1. The fraction of sp³-hybridized carbons (Fsp3) is 0.652. The van der Waals surface area contributed by atoms with Crippen LogP contribution in [0.4, 0.5) is 0 Å². The lowest BCUT2D eigenvalue weighted by Crippen LogP contribution is -2.47. The minimum atomic E-state index is -3.58. The third-order valence-electron chi connectivity index (χ3n) is 6.43. The monoisotopic (exact) mass is 450 g/mol. The first-order valence-electron chi connectivity index (χ1n) is 11.2. The van der Waals surface area contributed by atoms with Crippen LogP contribution in [0.5, 0.6) is 0 Å².